The lowest BCUT2D eigenvalue weighted by atomic mass is 10.00. The number of hydrogen-bond donors (Lipinski definition) is 1. The van der Waals surface area contributed by atoms with Crippen LogP contribution in [0, 0.1) is 6.92 Å². The van der Waals surface area contributed by atoms with Crippen molar-refractivity contribution in [3.05, 3.63) is 161 Å². The first-order chi connectivity index (χ1) is 20.5. The van der Waals surface area contributed by atoms with Crippen molar-refractivity contribution in [2.24, 2.45) is 0 Å². The second kappa shape index (κ2) is 14.0. The van der Waals surface area contributed by atoms with E-state index in [1.165, 1.54) is 11.1 Å². The molecule has 214 valence electrons. The molecule has 3 aromatic carbocycles. The predicted octanol–water partition coefficient (Wildman–Crippen LogP) is 8.02. The molecule has 0 amide bonds. The Balaban J connectivity index is 1.46. The Morgan fingerprint density at radius 3 is 1.36 bits per heavy atom. The molecule has 0 aliphatic carbocycles. The van der Waals surface area contributed by atoms with E-state index in [0.717, 1.165) is 28.1 Å². The average molecular weight is 557 g/mol. The number of phenolic OH excluding ortho intramolecular Hbond substituents is 1. The molecule has 5 rings (SSSR count). The molecule has 0 spiro atoms. The molecule has 2 heterocycles. The summed E-state index contributed by atoms with van der Waals surface area (Å²) >= 11 is 0. The minimum absolute atomic E-state index is 0.135. The van der Waals surface area contributed by atoms with E-state index >= 15 is 0 Å². The third-order valence-corrected chi connectivity index (χ3v) is 8.00. The van der Waals surface area contributed by atoms with Crippen LogP contribution in [0.5, 0.6) is 5.75 Å². The summed E-state index contributed by atoms with van der Waals surface area (Å²) in [6.45, 7) is 9.11. The highest BCUT2D eigenvalue weighted by Crippen LogP contribution is 2.33. The van der Waals surface area contributed by atoms with Gasteiger partial charge in [0.05, 0.1) is 11.4 Å². The SMILES string of the molecule is Cc1cc(CN(Cc2ccccn2)[C@H](C)c2ccccc2)c(O)c(CN(Cc2ccccn2)[C@H](C)c2ccccc2)c1. The molecule has 0 saturated heterocycles. The van der Waals surface area contributed by atoms with Gasteiger partial charge in [0.25, 0.3) is 0 Å². The molecular weight excluding hydrogens is 516 g/mol. The Bertz CT molecular complexity index is 1410. The highest BCUT2D eigenvalue weighted by Gasteiger charge is 2.23. The van der Waals surface area contributed by atoms with Gasteiger partial charge in [-0.2, -0.15) is 0 Å². The van der Waals surface area contributed by atoms with Crippen LogP contribution in [-0.4, -0.2) is 24.9 Å². The minimum atomic E-state index is 0.135. The fourth-order valence-corrected chi connectivity index (χ4v) is 5.56. The van der Waals surface area contributed by atoms with Crippen LogP contribution in [-0.2, 0) is 26.2 Å². The summed E-state index contributed by atoms with van der Waals surface area (Å²) < 4.78 is 0. The van der Waals surface area contributed by atoms with Gasteiger partial charge >= 0.3 is 0 Å². The van der Waals surface area contributed by atoms with Crippen LogP contribution in [0.4, 0.5) is 0 Å². The van der Waals surface area contributed by atoms with Gasteiger partial charge in [0.2, 0.25) is 0 Å². The standard InChI is InChI=1S/C37H40N4O/c1-28-22-33(24-40(26-35-18-10-12-20-38-35)29(2)31-14-6-4-7-15-31)37(42)34(23-28)25-41(27-36-19-11-13-21-39-36)30(3)32-16-8-5-9-17-32/h4-23,29-30,42H,24-27H2,1-3H3/t29-,30-/m1/s1. The lowest BCUT2D eigenvalue weighted by Gasteiger charge is -2.31. The van der Waals surface area contributed by atoms with E-state index in [0.29, 0.717) is 31.9 Å². The number of phenols is 1. The molecule has 0 saturated carbocycles. The molecule has 42 heavy (non-hydrogen) atoms. The lowest BCUT2D eigenvalue weighted by molar-refractivity contribution is 0.182. The van der Waals surface area contributed by atoms with Crippen molar-refractivity contribution in [1.82, 2.24) is 19.8 Å². The monoisotopic (exact) mass is 556 g/mol. The zero-order chi connectivity index (χ0) is 29.3. The summed E-state index contributed by atoms with van der Waals surface area (Å²) in [4.78, 5) is 14.0. The summed E-state index contributed by atoms with van der Waals surface area (Å²) in [6, 6.07) is 37.6. The number of hydrogen-bond acceptors (Lipinski definition) is 5. The number of aryl methyl sites for hydroxylation is 1. The van der Waals surface area contributed by atoms with Crippen LogP contribution < -0.4 is 0 Å². The van der Waals surface area contributed by atoms with Gasteiger partial charge in [-0.15, -0.1) is 0 Å². The molecule has 0 aliphatic heterocycles. The molecule has 0 unspecified atom stereocenters. The summed E-state index contributed by atoms with van der Waals surface area (Å²) in [5.74, 6) is 0.359. The average Bonchev–Trinajstić information content (AvgIpc) is 3.03. The summed E-state index contributed by atoms with van der Waals surface area (Å²) in [5.41, 5.74) is 7.46. The number of aromatic nitrogens is 2. The van der Waals surface area contributed by atoms with Crippen molar-refractivity contribution in [1.29, 1.82) is 0 Å². The Kier molecular flexibility index (Phi) is 9.75. The molecule has 0 aliphatic rings. The fraction of sp³-hybridized carbons (Fsp3) is 0.243. The van der Waals surface area contributed by atoms with Crippen LogP contribution in [0.1, 0.15) is 65.1 Å². The second-order valence-electron chi connectivity index (χ2n) is 11.1. The van der Waals surface area contributed by atoms with Crippen molar-refractivity contribution in [3.8, 4) is 5.75 Å². The molecule has 5 aromatic rings. The number of nitrogens with zero attached hydrogens (tertiary/aromatic N) is 4. The van der Waals surface area contributed by atoms with Gasteiger partial charge in [0.1, 0.15) is 5.75 Å². The van der Waals surface area contributed by atoms with Crippen LogP contribution in [0.15, 0.2) is 122 Å². The largest absolute Gasteiger partial charge is 0.507 e. The van der Waals surface area contributed by atoms with Gasteiger partial charge in [-0.1, -0.05) is 90.5 Å². The number of rotatable bonds is 12. The van der Waals surface area contributed by atoms with Crippen molar-refractivity contribution in [2.45, 2.75) is 59.0 Å². The number of pyridine rings is 2. The third kappa shape index (κ3) is 7.49. The molecule has 1 N–H and O–H groups in total. The van der Waals surface area contributed by atoms with Gasteiger partial charge in [-0.3, -0.25) is 19.8 Å². The van der Waals surface area contributed by atoms with E-state index in [1.807, 2.05) is 48.8 Å². The highest BCUT2D eigenvalue weighted by atomic mass is 16.3. The molecule has 2 atom stereocenters. The molecule has 0 radical (unpaired) electrons. The molecule has 2 aromatic heterocycles. The van der Waals surface area contributed by atoms with Crippen molar-refractivity contribution in [3.63, 3.8) is 0 Å². The molecule has 5 heteroatoms. The van der Waals surface area contributed by atoms with Crippen LogP contribution >= 0.6 is 0 Å². The Labute approximate surface area is 250 Å². The summed E-state index contributed by atoms with van der Waals surface area (Å²) in [6.07, 6.45) is 3.68. The Morgan fingerprint density at radius 2 is 0.976 bits per heavy atom. The normalized spacial score (nSPS) is 12.9. The van der Waals surface area contributed by atoms with Gasteiger partial charge < -0.3 is 5.11 Å². The zero-order valence-electron chi connectivity index (χ0n) is 24.8. The zero-order valence-corrected chi connectivity index (χ0v) is 24.8. The summed E-state index contributed by atoms with van der Waals surface area (Å²) in [5, 5.41) is 11.8. The quantitative estimate of drug-likeness (QED) is 0.169. The lowest BCUT2D eigenvalue weighted by Crippen LogP contribution is -2.28. The second-order valence-corrected chi connectivity index (χ2v) is 11.1. The maximum atomic E-state index is 11.8. The van der Waals surface area contributed by atoms with Crippen LogP contribution in [0.25, 0.3) is 0 Å². The van der Waals surface area contributed by atoms with E-state index < -0.39 is 0 Å². The van der Waals surface area contributed by atoms with Crippen molar-refractivity contribution >= 4 is 0 Å². The molecule has 0 bridgehead atoms. The van der Waals surface area contributed by atoms with Crippen molar-refractivity contribution in [2.75, 3.05) is 0 Å². The van der Waals surface area contributed by atoms with Crippen molar-refractivity contribution < 1.29 is 5.11 Å². The maximum Gasteiger partial charge on any atom is 0.124 e. The first-order valence-corrected chi connectivity index (χ1v) is 14.7. The minimum Gasteiger partial charge on any atom is -0.507 e. The molecular formula is C37H40N4O. The van der Waals surface area contributed by atoms with Gasteiger partial charge in [-0.25, -0.2) is 0 Å². The Hall–Kier alpha value is -4.32. The van der Waals surface area contributed by atoms with E-state index in [-0.39, 0.29) is 12.1 Å². The molecule has 5 nitrogen and oxygen atoms in total. The Morgan fingerprint density at radius 1 is 0.571 bits per heavy atom. The van der Waals surface area contributed by atoms with Gasteiger partial charge in [-0.05, 0) is 56.2 Å². The van der Waals surface area contributed by atoms with E-state index in [1.54, 1.807) is 0 Å². The van der Waals surface area contributed by atoms with E-state index in [9.17, 15) is 5.11 Å². The predicted molar refractivity (Wildman–Crippen MR) is 170 cm³/mol. The van der Waals surface area contributed by atoms with Crippen LogP contribution in [0.2, 0.25) is 0 Å². The first-order valence-electron chi connectivity index (χ1n) is 14.7. The topological polar surface area (TPSA) is 52.5 Å². The van der Waals surface area contributed by atoms with Crippen LogP contribution in [0.3, 0.4) is 0 Å². The number of aromatic hydroxyl groups is 1. The smallest absolute Gasteiger partial charge is 0.124 e. The third-order valence-electron chi connectivity index (χ3n) is 8.00. The summed E-state index contributed by atoms with van der Waals surface area (Å²) in [7, 11) is 0. The van der Waals surface area contributed by atoms with E-state index in [2.05, 4.69) is 113 Å². The maximum absolute atomic E-state index is 11.8. The first kappa shape index (κ1) is 29.2. The molecule has 0 fully saturated rings. The highest BCUT2D eigenvalue weighted by molar-refractivity contribution is 5.44. The fourth-order valence-electron chi connectivity index (χ4n) is 5.56. The van der Waals surface area contributed by atoms with Gasteiger partial charge in [0, 0.05) is 61.8 Å². The van der Waals surface area contributed by atoms with E-state index in [4.69, 9.17) is 0 Å². The van der Waals surface area contributed by atoms with Gasteiger partial charge in [0.15, 0.2) is 0 Å². The number of benzene rings is 3.